The van der Waals surface area contributed by atoms with E-state index in [1.807, 2.05) is 18.2 Å². The highest BCUT2D eigenvalue weighted by Crippen LogP contribution is 2.33. The van der Waals surface area contributed by atoms with Gasteiger partial charge in [0, 0.05) is 12.5 Å². The Kier molecular flexibility index (Phi) is 4.73. The SMILES string of the molecule is CC(C)CCCOc1ccc2c(c1)OCCCO2. The molecule has 0 atom stereocenters. The van der Waals surface area contributed by atoms with Crippen LogP contribution < -0.4 is 14.2 Å². The van der Waals surface area contributed by atoms with E-state index in [4.69, 9.17) is 14.2 Å². The lowest BCUT2D eigenvalue weighted by molar-refractivity contribution is 0.290. The van der Waals surface area contributed by atoms with Crippen molar-refractivity contribution < 1.29 is 14.2 Å². The number of fused-ring (bicyclic) bond motifs is 1. The quantitative estimate of drug-likeness (QED) is 0.746. The van der Waals surface area contributed by atoms with Crippen LogP contribution in [0.5, 0.6) is 17.2 Å². The smallest absolute Gasteiger partial charge is 0.164 e. The first-order chi connectivity index (χ1) is 8.75. The molecule has 0 amide bonds. The molecule has 1 heterocycles. The van der Waals surface area contributed by atoms with Crippen LogP contribution in [0.4, 0.5) is 0 Å². The Labute approximate surface area is 109 Å². The van der Waals surface area contributed by atoms with Crippen molar-refractivity contribution in [3.05, 3.63) is 18.2 Å². The zero-order chi connectivity index (χ0) is 12.8. The molecular formula is C15H22O3. The molecule has 3 nitrogen and oxygen atoms in total. The molecule has 100 valence electrons. The first kappa shape index (κ1) is 13.1. The maximum atomic E-state index is 5.73. The highest BCUT2D eigenvalue weighted by molar-refractivity contribution is 5.45. The minimum absolute atomic E-state index is 0.712. The maximum absolute atomic E-state index is 5.73. The Morgan fingerprint density at radius 2 is 1.94 bits per heavy atom. The van der Waals surface area contributed by atoms with E-state index in [-0.39, 0.29) is 0 Å². The van der Waals surface area contributed by atoms with Crippen LogP contribution in [0.2, 0.25) is 0 Å². The zero-order valence-electron chi connectivity index (χ0n) is 11.3. The summed E-state index contributed by atoms with van der Waals surface area (Å²) < 4.78 is 16.9. The second-order valence-electron chi connectivity index (χ2n) is 5.04. The fourth-order valence-electron chi connectivity index (χ4n) is 1.91. The van der Waals surface area contributed by atoms with Gasteiger partial charge in [-0.25, -0.2) is 0 Å². The lowest BCUT2D eigenvalue weighted by Gasteiger charge is -2.11. The zero-order valence-corrected chi connectivity index (χ0v) is 11.3. The van der Waals surface area contributed by atoms with Crippen molar-refractivity contribution in [3.8, 4) is 17.2 Å². The van der Waals surface area contributed by atoms with Crippen molar-refractivity contribution >= 4 is 0 Å². The number of rotatable bonds is 5. The average molecular weight is 250 g/mol. The van der Waals surface area contributed by atoms with Gasteiger partial charge in [-0.1, -0.05) is 13.8 Å². The molecule has 1 aliphatic rings. The number of hydrogen-bond acceptors (Lipinski definition) is 3. The van der Waals surface area contributed by atoms with Crippen molar-refractivity contribution in [1.82, 2.24) is 0 Å². The summed E-state index contributed by atoms with van der Waals surface area (Å²) in [6.45, 7) is 6.66. The molecule has 0 fully saturated rings. The van der Waals surface area contributed by atoms with E-state index < -0.39 is 0 Å². The van der Waals surface area contributed by atoms with Gasteiger partial charge in [-0.3, -0.25) is 0 Å². The second kappa shape index (κ2) is 6.53. The molecule has 0 spiro atoms. The number of ether oxygens (including phenoxy) is 3. The summed E-state index contributed by atoms with van der Waals surface area (Å²) in [7, 11) is 0. The largest absolute Gasteiger partial charge is 0.493 e. The monoisotopic (exact) mass is 250 g/mol. The van der Waals surface area contributed by atoms with Gasteiger partial charge in [-0.2, -0.15) is 0 Å². The second-order valence-corrected chi connectivity index (χ2v) is 5.04. The Balaban J connectivity index is 1.88. The molecule has 1 aromatic rings. The van der Waals surface area contributed by atoms with Gasteiger partial charge in [-0.05, 0) is 30.9 Å². The molecule has 0 unspecified atom stereocenters. The van der Waals surface area contributed by atoms with Crippen LogP contribution in [0.3, 0.4) is 0 Å². The highest BCUT2D eigenvalue weighted by atomic mass is 16.5. The summed E-state index contributed by atoms with van der Waals surface area (Å²) in [5, 5.41) is 0. The maximum Gasteiger partial charge on any atom is 0.164 e. The molecule has 0 saturated carbocycles. The minimum atomic E-state index is 0.712. The third-order valence-electron chi connectivity index (χ3n) is 2.91. The summed E-state index contributed by atoms with van der Waals surface area (Å²) in [5.41, 5.74) is 0. The number of hydrogen-bond donors (Lipinski definition) is 0. The molecule has 2 rings (SSSR count). The Morgan fingerprint density at radius 1 is 1.17 bits per heavy atom. The van der Waals surface area contributed by atoms with Gasteiger partial charge in [0.15, 0.2) is 11.5 Å². The van der Waals surface area contributed by atoms with E-state index in [1.54, 1.807) is 0 Å². The molecule has 0 aromatic heterocycles. The molecule has 1 aromatic carbocycles. The minimum Gasteiger partial charge on any atom is -0.493 e. The summed E-state index contributed by atoms with van der Waals surface area (Å²) >= 11 is 0. The number of benzene rings is 1. The molecule has 1 aliphatic heterocycles. The van der Waals surface area contributed by atoms with Gasteiger partial charge in [0.05, 0.1) is 19.8 Å². The van der Waals surface area contributed by atoms with Gasteiger partial charge in [-0.15, -0.1) is 0 Å². The predicted octanol–water partition coefficient (Wildman–Crippen LogP) is 3.66. The first-order valence-corrected chi connectivity index (χ1v) is 6.78. The van der Waals surface area contributed by atoms with Crippen LogP contribution >= 0.6 is 0 Å². The van der Waals surface area contributed by atoms with Crippen LogP contribution in [0.15, 0.2) is 18.2 Å². The summed E-state index contributed by atoms with van der Waals surface area (Å²) in [6, 6.07) is 5.80. The fourth-order valence-corrected chi connectivity index (χ4v) is 1.91. The molecule has 0 radical (unpaired) electrons. The van der Waals surface area contributed by atoms with Crippen molar-refractivity contribution in [2.24, 2.45) is 5.92 Å². The van der Waals surface area contributed by atoms with E-state index in [9.17, 15) is 0 Å². The summed E-state index contributed by atoms with van der Waals surface area (Å²) in [5.74, 6) is 3.22. The molecule has 18 heavy (non-hydrogen) atoms. The third-order valence-corrected chi connectivity index (χ3v) is 2.91. The molecule has 0 N–H and O–H groups in total. The molecule has 3 heteroatoms. The van der Waals surface area contributed by atoms with Crippen molar-refractivity contribution in [1.29, 1.82) is 0 Å². The van der Waals surface area contributed by atoms with Crippen molar-refractivity contribution in [2.75, 3.05) is 19.8 Å². The van der Waals surface area contributed by atoms with E-state index >= 15 is 0 Å². The van der Waals surface area contributed by atoms with E-state index in [0.29, 0.717) is 6.61 Å². The van der Waals surface area contributed by atoms with Crippen LogP contribution in [0, 0.1) is 5.92 Å². The molecule has 0 aliphatic carbocycles. The molecular weight excluding hydrogens is 228 g/mol. The summed E-state index contributed by atoms with van der Waals surface area (Å²) in [6.07, 6.45) is 3.22. The van der Waals surface area contributed by atoms with Crippen molar-refractivity contribution in [3.63, 3.8) is 0 Å². The Hall–Kier alpha value is -1.38. The predicted molar refractivity (Wildman–Crippen MR) is 71.6 cm³/mol. The lowest BCUT2D eigenvalue weighted by Crippen LogP contribution is -2.00. The van der Waals surface area contributed by atoms with Gasteiger partial charge in [0.2, 0.25) is 0 Å². The van der Waals surface area contributed by atoms with Crippen LogP contribution in [-0.2, 0) is 0 Å². The van der Waals surface area contributed by atoms with Gasteiger partial charge < -0.3 is 14.2 Å². The fraction of sp³-hybridized carbons (Fsp3) is 0.600. The Morgan fingerprint density at radius 3 is 2.72 bits per heavy atom. The van der Waals surface area contributed by atoms with E-state index in [1.165, 1.54) is 6.42 Å². The van der Waals surface area contributed by atoms with Crippen molar-refractivity contribution in [2.45, 2.75) is 33.1 Å². The van der Waals surface area contributed by atoms with Crippen LogP contribution in [-0.4, -0.2) is 19.8 Å². The average Bonchev–Trinajstić information content (AvgIpc) is 2.59. The van der Waals surface area contributed by atoms with Gasteiger partial charge in [0.1, 0.15) is 5.75 Å². The van der Waals surface area contributed by atoms with E-state index in [0.717, 1.165) is 49.2 Å². The third kappa shape index (κ3) is 3.83. The molecule has 0 saturated heterocycles. The van der Waals surface area contributed by atoms with Crippen LogP contribution in [0.25, 0.3) is 0 Å². The Bertz CT molecular complexity index is 374. The standard InChI is InChI=1S/C15H22O3/c1-12(2)5-3-8-16-13-6-7-14-15(11-13)18-10-4-9-17-14/h6-7,11-12H,3-5,8-10H2,1-2H3. The van der Waals surface area contributed by atoms with Gasteiger partial charge >= 0.3 is 0 Å². The summed E-state index contributed by atoms with van der Waals surface area (Å²) in [4.78, 5) is 0. The first-order valence-electron chi connectivity index (χ1n) is 6.78. The molecule has 0 bridgehead atoms. The topological polar surface area (TPSA) is 27.7 Å². The van der Waals surface area contributed by atoms with Gasteiger partial charge in [0.25, 0.3) is 0 Å². The highest BCUT2D eigenvalue weighted by Gasteiger charge is 2.10. The van der Waals surface area contributed by atoms with Crippen LogP contribution in [0.1, 0.15) is 33.1 Å². The van der Waals surface area contributed by atoms with E-state index in [2.05, 4.69) is 13.8 Å². The normalized spacial score (nSPS) is 14.4. The lowest BCUT2D eigenvalue weighted by atomic mass is 10.1.